The second-order valence-corrected chi connectivity index (χ2v) is 4.92. The van der Waals surface area contributed by atoms with E-state index in [-0.39, 0.29) is 0 Å². The maximum absolute atomic E-state index is 9.38. The number of alkyl halides is 4. The van der Waals surface area contributed by atoms with Crippen LogP contribution < -0.4 is 0 Å². The Hall–Kier alpha value is 1.08. The summed E-state index contributed by atoms with van der Waals surface area (Å²) in [6.07, 6.45) is 0.369. The van der Waals surface area contributed by atoms with Crippen molar-refractivity contribution in [3.8, 4) is 0 Å². The topological polar surface area (TPSA) is 40.5 Å². The molecule has 0 aliphatic heterocycles. The molecule has 0 aromatic rings. The van der Waals surface area contributed by atoms with Crippen molar-refractivity contribution in [3.05, 3.63) is 0 Å². The number of rotatable bonds is 0. The fraction of sp³-hybridized carbons (Fsp3) is 1.00. The monoisotopic (exact) mass is 252 g/mol. The maximum Gasteiger partial charge on any atom is 0.199 e. The summed E-state index contributed by atoms with van der Waals surface area (Å²) >= 11 is 22.7. The molecule has 1 fully saturated rings. The molecule has 0 bridgehead atoms. The molecule has 2 nitrogen and oxygen atoms in total. The quantitative estimate of drug-likeness (QED) is 0.508. The second kappa shape index (κ2) is 3.68. The van der Waals surface area contributed by atoms with Gasteiger partial charge in [-0.25, -0.2) is 0 Å². The van der Waals surface area contributed by atoms with Crippen LogP contribution in [0.25, 0.3) is 0 Å². The Balaban J connectivity index is 2.82. The SMILES string of the molecule is OC1(O)C(Cl)C(Cl)CC(Cl)C1Cl. The summed E-state index contributed by atoms with van der Waals surface area (Å²) in [7, 11) is 0. The molecular weight excluding hydrogens is 246 g/mol. The third-order valence-electron chi connectivity index (χ3n) is 1.90. The summed E-state index contributed by atoms with van der Waals surface area (Å²) in [6.45, 7) is 0. The highest BCUT2D eigenvalue weighted by atomic mass is 35.5. The van der Waals surface area contributed by atoms with E-state index in [9.17, 15) is 10.2 Å². The zero-order chi connectivity index (χ0) is 9.52. The van der Waals surface area contributed by atoms with Crippen LogP contribution in [0.3, 0.4) is 0 Å². The second-order valence-electron chi connectivity index (χ2n) is 2.85. The van der Waals surface area contributed by atoms with Gasteiger partial charge in [0.15, 0.2) is 5.79 Å². The molecule has 0 amide bonds. The largest absolute Gasteiger partial charge is 0.363 e. The van der Waals surface area contributed by atoms with E-state index in [1.54, 1.807) is 0 Å². The van der Waals surface area contributed by atoms with Crippen LogP contribution in [0, 0.1) is 0 Å². The third-order valence-corrected chi connectivity index (χ3v) is 4.27. The van der Waals surface area contributed by atoms with Crippen LogP contribution in [0.4, 0.5) is 0 Å². The number of hydrogen-bond acceptors (Lipinski definition) is 2. The van der Waals surface area contributed by atoms with Crippen LogP contribution in [0.15, 0.2) is 0 Å². The maximum atomic E-state index is 9.38. The van der Waals surface area contributed by atoms with Crippen molar-refractivity contribution in [1.29, 1.82) is 0 Å². The van der Waals surface area contributed by atoms with Crippen LogP contribution >= 0.6 is 46.4 Å². The molecule has 1 aliphatic carbocycles. The predicted octanol–water partition coefficient (Wildman–Crippen LogP) is 1.50. The minimum absolute atomic E-state index is 0.369. The lowest BCUT2D eigenvalue weighted by atomic mass is 9.92. The van der Waals surface area contributed by atoms with Crippen LogP contribution in [0.5, 0.6) is 0 Å². The van der Waals surface area contributed by atoms with E-state index in [2.05, 4.69) is 0 Å². The average molecular weight is 254 g/mol. The van der Waals surface area contributed by atoms with Gasteiger partial charge in [-0.2, -0.15) is 0 Å². The normalized spacial score (nSPS) is 47.5. The molecule has 0 spiro atoms. The summed E-state index contributed by atoms with van der Waals surface area (Å²) in [6, 6.07) is 0. The Labute approximate surface area is 90.4 Å². The lowest BCUT2D eigenvalue weighted by molar-refractivity contribution is -0.171. The molecule has 1 aliphatic rings. The number of halogens is 4. The molecule has 72 valence electrons. The minimum Gasteiger partial charge on any atom is -0.363 e. The number of aliphatic hydroxyl groups is 2. The summed E-state index contributed by atoms with van der Waals surface area (Å²) in [5.41, 5.74) is 0. The van der Waals surface area contributed by atoms with E-state index in [1.807, 2.05) is 0 Å². The van der Waals surface area contributed by atoms with Gasteiger partial charge in [-0.1, -0.05) is 0 Å². The molecule has 6 heteroatoms. The molecule has 0 radical (unpaired) electrons. The Morgan fingerprint density at radius 2 is 1.25 bits per heavy atom. The Bertz CT molecular complexity index is 159. The lowest BCUT2D eigenvalue weighted by Gasteiger charge is -2.40. The van der Waals surface area contributed by atoms with Gasteiger partial charge in [0, 0.05) is 0 Å². The fourth-order valence-corrected chi connectivity index (χ4v) is 2.53. The molecule has 4 atom stereocenters. The van der Waals surface area contributed by atoms with Gasteiger partial charge in [0.25, 0.3) is 0 Å². The summed E-state index contributed by atoms with van der Waals surface area (Å²) in [5.74, 6) is -2.19. The van der Waals surface area contributed by atoms with E-state index < -0.39 is 27.3 Å². The van der Waals surface area contributed by atoms with Crippen LogP contribution in [-0.2, 0) is 0 Å². The van der Waals surface area contributed by atoms with Gasteiger partial charge in [0.05, 0.1) is 10.8 Å². The van der Waals surface area contributed by atoms with Crippen molar-refractivity contribution in [1.82, 2.24) is 0 Å². The first-order valence-electron chi connectivity index (χ1n) is 3.38. The molecule has 0 saturated heterocycles. The standard InChI is InChI=1S/C6H8Cl4O2/c7-2-1-3(8)5(10)6(11,12)4(2)9/h2-5,11-12H,1H2. The highest BCUT2D eigenvalue weighted by Gasteiger charge is 2.51. The highest BCUT2D eigenvalue weighted by Crippen LogP contribution is 2.39. The number of hydrogen-bond donors (Lipinski definition) is 2. The van der Waals surface area contributed by atoms with Crippen molar-refractivity contribution in [2.75, 3.05) is 0 Å². The lowest BCUT2D eigenvalue weighted by Crippen LogP contribution is -2.58. The molecule has 12 heavy (non-hydrogen) atoms. The first-order valence-corrected chi connectivity index (χ1v) is 5.13. The van der Waals surface area contributed by atoms with Crippen LogP contribution in [-0.4, -0.2) is 37.5 Å². The molecule has 1 saturated carbocycles. The van der Waals surface area contributed by atoms with Crippen LogP contribution in [0.1, 0.15) is 6.42 Å². The molecule has 2 N–H and O–H groups in total. The van der Waals surface area contributed by atoms with Gasteiger partial charge in [0.2, 0.25) is 0 Å². The Kier molecular flexibility index (Phi) is 3.42. The third kappa shape index (κ3) is 1.79. The van der Waals surface area contributed by atoms with Gasteiger partial charge in [-0.15, -0.1) is 46.4 Å². The van der Waals surface area contributed by atoms with E-state index in [0.29, 0.717) is 6.42 Å². The van der Waals surface area contributed by atoms with E-state index in [1.165, 1.54) is 0 Å². The predicted molar refractivity (Wildman–Crippen MR) is 50.3 cm³/mol. The molecule has 0 aromatic carbocycles. The molecule has 4 unspecified atom stereocenters. The Morgan fingerprint density at radius 3 is 1.58 bits per heavy atom. The van der Waals surface area contributed by atoms with Crippen molar-refractivity contribution >= 4 is 46.4 Å². The Morgan fingerprint density at radius 1 is 0.917 bits per heavy atom. The van der Waals surface area contributed by atoms with Crippen molar-refractivity contribution < 1.29 is 10.2 Å². The average Bonchev–Trinajstić information content (AvgIpc) is 1.99. The van der Waals surface area contributed by atoms with Crippen LogP contribution in [0.2, 0.25) is 0 Å². The molecule has 0 heterocycles. The minimum atomic E-state index is -2.19. The first kappa shape index (κ1) is 11.2. The first-order chi connectivity index (χ1) is 5.37. The van der Waals surface area contributed by atoms with Gasteiger partial charge in [-0.3, -0.25) is 0 Å². The van der Waals surface area contributed by atoms with E-state index in [4.69, 9.17) is 46.4 Å². The fourth-order valence-electron chi connectivity index (χ4n) is 1.14. The zero-order valence-electron chi connectivity index (χ0n) is 5.92. The van der Waals surface area contributed by atoms with Gasteiger partial charge >= 0.3 is 0 Å². The van der Waals surface area contributed by atoms with E-state index >= 15 is 0 Å². The van der Waals surface area contributed by atoms with Gasteiger partial charge < -0.3 is 10.2 Å². The van der Waals surface area contributed by atoms with Gasteiger partial charge in [-0.05, 0) is 6.42 Å². The van der Waals surface area contributed by atoms with Crippen molar-refractivity contribution in [2.45, 2.75) is 33.7 Å². The van der Waals surface area contributed by atoms with Crippen molar-refractivity contribution in [3.63, 3.8) is 0 Å². The molecule has 1 rings (SSSR count). The van der Waals surface area contributed by atoms with E-state index in [0.717, 1.165) is 0 Å². The molecule has 0 aromatic heterocycles. The molecular formula is C6H8Cl4O2. The smallest absolute Gasteiger partial charge is 0.199 e. The summed E-state index contributed by atoms with van der Waals surface area (Å²) < 4.78 is 0. The van der Waals surface area contributed by atoms with Gasteiger partial charge in [0.1, 0.15) is 10.8 Å². The summed E-state index contributed by atoms with van der Waals surface area (Å²) in [5, 5.41) is 15.6. The zero-order valence-corrected chi connectivity index (χ0v) is 8.95. The highest BCUT2D eigenvalue weighted by molar-refractivity contribution is 6.35. The summed E-state index contributed by atoms with van der Waals surface area (Å²) in [4.78, 5) is 0. The van der Waals surface area contributed by atoms with Crippen molar-refractivity contribution in [2.24, 2.45) is 0 Å².